The van der Waals surface area contributed by atoms with Crippen LogP contribution in [0.4, 0.5) is 0 Å². The van der Waals surface area contributed by atoms with Gasteiger partial charge in [-0.1, -0.05) is 23.7 Å². The molecule has 0 spiro atoms. The van der Waals surface area contributed by atoms with Crippen LogP contribution < -0.4 is 5.32 Å². The van der Waals surface area contributed by atoms with Crippen LogP contribution in [0.5, 0.6) is 0 Å². The van der Waals surface area contributed by atoms with Gasteiger partial charge in [-0.25, -0.2) is 0 Å². The molecule has 1 N–H and O–H groups in total. The lowest BCUT2D eigenvalue weighted by Crippen LogP contribution is -2.37. The minimum Gasteiger partial charge on any atom is -0.372 e. The molecular weight excluding hydrogens is 238 g/mol. The van der Waals surface area contributed by atoms with E-state index in [9.17, 15) is 4.79 Å². The minimum atomic E-state index is -0.182. The lowest BCUT2D eigenvalue weighted by Gasteiger charge is -2.18. The largest absolute Gasteiger partial charge is 0.372 e. The molecule has 0 bridgehead atoms. The standard InChI is InChI=1S/C13H16ClNO2/c1-2-17-9-12(16)15-13(7-8-13)10-3-5-11(14)6-4-10/h3-6H,2,7-9H2,1H3,(H,15,16). The summed E-state index contributed by atoms with van der Waals surface area (Å²) < 4.78 is 5.09. The third-order valence-corrected chi connectivity index (χ3v) is 3.21. The van der Waals surface area contributed by atoms with Crippen molar-refractivity contribution in [1.29, 1.82) is 0 Å². The van der Waals surface area contributed by atoms with Crippen molar-refractivity contribution in [3.05, 3.63) is 34.9 Å². The Kier molecular flexibility index (Phi) is 3.69. The molecule has 0 unspecified atom stereocenters. The molecule has 2 rings (SSSR count). The fourth-order valence-electron chi connectivity index (χ4n) is 1.88. The number of rotatable bonds is 5. The Bertz CT molecular complexity index is 398. The van der Waals surface area contributed by atoms with E-state index in [1.165, 1.54) is 0 Å². The van der Waals surface area contributed by atoms with Gasteiger partial charge in [0.15, 0.2) is 0 Å². The molecule has 1 fully saturated rings. The van der Waals surface area contributed by atoms with Gasteiger partial charge in [0.1, 0.15) is 6.61 Å². The van der Waals surface area contributed by atoms with Gasteiger partial charge in [-0.05, 0) is 37.5 Å². The Labute approximate surface area is 106 Å². The monoisotopic (exact) mass is 253 g/mol. The topological polar surface area (TPSA) is 38.3 Å². The first-order valence-corrected chi connectivity index (χ1v) is 6.19. The van der Waals surface area contributed by atoms with Crippen molar-refractivity contribution in [1.82, 2.24) is 5.32 Å². The lowest BCUT2D eigenvalue weighted by atomic mass is 10.1. The number of carbonyl (C=O) groups excluding carboxylic acids is 1. The van der Waals surface area contributed by atoms with Crippen molar-refractivity contribution in [2.24, 2.45) is 0 Å². The Hall–Kier alpha value is -1.06. The summed E-state index contributed by atoms with van der Waals surface area (Å²) >= 11 is 5.85. The summed E-state index contributed by atoms with van der Waals surface area (Å²) in [6.45, 7) is 2.56. The molecule has 1 amide bonds. The highest BCUT2D eigenvalue weighted by Gasteiger charge is 2.45. The van der Waals surface area contributed by atoms with Gasteiger partial charge in [0.25, 0.3) is 0 Å². The van der Waals surface area contributed by atoms with Crippen molar-refractivity contribution in [2.75, 3.05) is 13.2 Å². The fraction of sp³-hybridized carbons (Fsp3) is 0.462. The second-order valence-electron chi connectivity index (χ2n) is 4.27. The normalized spacial score (nSPS) is 16.6. The third kappa shape index (κ3) is 2.99. The highest BCUT2D eigenvalue weighted by atomic mass is 35.5. The summed E-state index contributed by atoms with van der Waals surface area (Å²) in [6, 6.07) is 7.64. The predicted molar refractivity (Wildman–Crippen MR) is 67.0 cm³/mol. The van der Waals surface area contributed by atoms with Crippen molar-refractivity contribution in [2.45, 2.75) is 25.3 Å². The van der Waals surface area contributed by atoms with Gasteiger partial charge < -0.3 is 10.1 Å². The highest BCUT2D eigenvalue weighted by molar-refractivity contribution is 6.30. The van der Waals surface area contributed by atoms with Crippen LogP contribution in [0, 0.1) is 0 Å². The molecule has 0 aromatic heterocycles. The maximum Gasteiger partial charge on any atom is 0.246 e. The van der Waals surface area contributed by atoms with E-state index in [0.717, 1.165) is 18.4 Å². The van der Waals surface area contributed by atoms with Gasteiger partial charge in [0.05, 0.1) is 5.54 Å². The van der Waals surface area contributed by atoms with Crippen molar-refractivity contribution >= 4 is 17.5 Å². The SMILES string of the molecule is CCOCC(=O)NC1(c2ccc(Cl)cc2)CC1. The first kappa shape index (κ1) is 12.4. The quantitative estimate of drug-likeness (QED) is 0.876. The molecule has 0 aliphatic heterocycles. The van der Waals surface area contributed by atoms with E-state index in [2.05, 4.69) is 5.32 Å². The summed E-state index contributed by atoms with van der Waals surface area (Å²) in [7, 11) is 0. The Balaban J connectivity index is 2.00. The molecule has 0 heterocycles. The molecule has 1 aliphatic carbocycles. The average molecular weight is 254 g/mol. The lowest BCUT2D eigenvalue weighted by molar-refractivity contribution is -0.126. The molecule has 1 aliphatic rings. The second kappa shape index (κ2) is 5.07. The summed E-state index contributed by atoms with van der Waals surface area (Å²) in [4.78, 5) is 11.6. The zero-order chi connectivity index (χ0) is 12.3. The number of amides is 1. The maximum atomic E-state index is 11.6. The smallest absolute Gasteiger partial charge is 0.246 e. The van der Waals surface area contributed by atoms with Crippen LogP contribution in [0.2, 0.25) is 5.02 Å². The number of ether oxygens (including phenoxy) is 1. The number of carbonyl (C=O) groups is 1. The van der Waals surface area contributed by atoms with Crippen LogP contribution in [-0.2, 0) is 15.1 Å². The number of hydrogen-bond acceptors (Lipinski definition) is 2. The minimum absolute atomic E-state index is 0.0562. The molecular formula is C13H16ClNO2. The van der Waals surface area contributed by atoms with E-state index < -0.39 is 0 Å². The fourth-order valence-corrected chi connectivity index (χ4v) is 2.00. The summed E-state index contributed by atoms with van der Waals surface area (Å²) in [5.41, 5.74) is 0.936. The molecule has 1 aromatic rings. The van der Waals surface area contributed by atoms with E-state index in [4.69, 9.17) is 16.3 Å². The molecule has 1 aromatic carbocycles. The van der Waals surface area contributed by atoms with Crippen LogP contribution in [0.1, 0.15) is 25.3 Å². The number of hydrogen-bond donors (Lipinski definition) is 1. The summed E-state index contributed by atoms with van der Waals surface area (Å²) in [6.07, 6.45) is 1.96. The molecule has 0 radical (unpaired) electrons. The van der Waals surface area contributed by atoms with Crippen LogP contribution >= 0.6 is 11.6 Å². The Morgan fingerprint density at radius 2 is 2.06 bits per heavy atom. The Morgan fingerprint density at radius 3 is 2.59 bits per heavy atom. The first-order chi connectivity index (χ1) is 8.16. The maximum absolute atomic E-state index is 11.6. The Morgan fingerprint density at radius 1 is 1.41 bits per heavy atom. The van der Waals surface area contributed by atoms with E-state index in [1.807, 2.05) is 31.2 Å². The van der Waals surface area contributed by atoms with Crippen LogP contribution in [0.3, 0.4) is 0 Å². The highest BCUT2D eigenvalue weighted by Crippen LogP contribution is 2.45. The predicted octanol–water partition coefficient (Wildman–Crippen LogP) is 2.48. The number of nitrogens with one attached hydrogen (secondary N) is 1. The van der Waals surface area contributed by atoms with Gasteiger partial charge in [-0.15, -0.1) is 0 Å². The van der Waals surface area contributed by atoms with E-state index in [1.54, 1.807) is 0 Å². The molecule has 92 valence electrons. The van der Waals surface area contributed by atoms with Crippen LogP contribution in [-0.4, -0.2) is 19.1 Å². The van der Waals surface area contributed by atoms with Gasteiger partial charge in [-0.3, -0.25) is 4.79 Å². The van der Waals surface area contributed by atoms with E-state index in [0.29, 0.717) is 11.6 Å². The first-order valence-electron chi connectivity index (χ1n) is 5.81. The van der Waals surface area contributed by atoms with E-state index in [-0.39, 0.29) is 18.1 Å². The number of benzene rings is 1. The van der Waals surface area contributed by atoms with Crippen LogP contribution in [0.25, 0.3) is 0 Å². The van der Waals surface area contributed by atoms with Gasteiger partial charge in [0.2, 0.25) is 5.91 Å². The number of halogens is 1. The summed E-state index contributed by atoms with van der Waals surface area (Å²) in [5, 5.41) is 3.74. The third-order valence-electron chi connectivity index (χ3n) is 2.96. The van der Waals surface area contributed by atoms with E-state index >= 15 is 0 Å². The molecule has 17 heavy (non-hydrogen) atoms. The zero-order valence-corrected chi connectivity index (χ0v) is 10.6. The van der Waals surface area contributed by atoms with Crippen molar-refractivity contribution in [3.8, 4) is 0 Å². The summed E-state index contributed by atoms with van der Waals surface area (Å²) in [5.74, 6) is -0.0562. The molecule has 0 saturated heterocycles. The second-order valence-corrected chi connectivity index (χ2v) is 4.71. The van der Waals surface area contributed by atoms with Gasteiger partial charge in [0, 0.05) is 11.6 Å². The molecule has 4 heteroatoms. The average Bonchev–Trinajstić information content (AvgIpc) is 3.08. The molecule has 0 atom stereocenters. The van der Waals surface area contributed by atoms with Crippen molar-refractivity contribution < 1.29 is 9.53 Å². The zero-order valence-electron chi connectivity index (χ0n) is 9.83. The van der Waals surface area contributed by atoms with Crippen LogP contribution in [0.15, 0.2) is 24.3 Å². The van der Waals surface area contributed by atoms with Gasteiger partial charge >= 0.3 is 0 Å². The molecule has 1 saturated carbocycles. The molecule has 3 nitrogen and oxygen atoms in total. The van der Waals surface area contributed by atoms with Gasteiger partial charge in [-0.2, -0.15) is 0 Å². The van der Waals surface area contributed by atoms with Crippen molar-refractivity contribution in [3.63, 3.8) is 0 Å².